The highest BCUT2D eigenvalue weighted by Crippen LogP contribution is 2.32. The minimum atomic E-state index is -0.143. The third-order valence-corrected chi connectivity index (χ3v) is 3.83. The van der Waals surface area contributed by atoms with Crippen LogP contribution < -0.4 is 11.1 Å². The van der Waals surface area contributed by atoms with Crippen LogP contribution in [0, 0.1) is 6.92 Å². The lowest BCUT2D eigenvalue weighted by Crippen LogP contribution is -2.23. The molecule has 0 fully saturated rings. The van der Waals surface area contributed by atoms with Crippen molar-refractivity contribution in [2.24, 2.45) is 0 Å². The molecule has 0 spiro atoms. The molecule has 0 aliphatic carbocycles. The van der Waals surface area contributed by atoms with Gasteiger partial charge in [-0.1, -0.05) is 11.6 Å². The quantitative estimate of drug-likeness (QED) is 0.846. The molecule has 1 amide bonds. The zero-order valence-corrected chi connectivity index (χ0v) is 12.1. The minimum Gasteiger partial charge on any atom is -0.397 e. The predicted octanol–water partition coefficient (Wildman–Crippen LogP) is 2.88. The monoisotopic (exact) mass is 275 g/mol. The topological polar surface area (TPSA) is 68.0 Å². The third-order valence-electron chi connectivity index (χ3n) is 2.71. The second kappa shape index (κ2) is 5.40. The zero-order valence-electron chi connectivity index (χ0n) is 11.3. The predicted molar refractivity (Wildman–Crippen MR) is 80.5 cm³/mol. The van der Waals surface area contributed by atoms with Gasteiger partial charge in [-0.05, 0) is 32.9 Å². The van der Waals surface area contributed by atoms with Gasteiger partial charge < -0.3 is 11.1 Å². The van der Waals surface area contributed by atoms with E-state index in [0.717, 1.165) is 15.9 Å². The Morgan fingerprint density at radius 2 is 2.21 bits per heavy atom. The molecule has 5 heteroatoms. The van der Waals surface area contributed by atoms with E-state index in [9.17, 15) is 4.79 Å². The molecular formula is C14H17N3OS. The second-order valence-corrected chi connectivity index (χ2v) is 5.64. The molecule has 2 aromatic heterocycles. The molecule has 0 aliphatic rings. The zero-order chi connectivity index (χ0) is 14.0. The molecule has 0 radical (unpaired) electrons. The largest absolute Gasteiger partial charge is 0.397 e. The van der Waals surface area contributed by atoms with Crippen LogP contribution in [0.2, 0.25) is 0 Å². The summed E-state index contributed by atoms with van der Waals surface area (Å²) >= 11 is 1.34. The number of aryl methyl sites for hydroxylation is 1. The number of hydrogen-bond acceptors (Lipinski definition) is 4. The molecule has 19 heavy (non-hydrogen) atoms. The van der Waals surface area contributed by atoms with Crippen LogP contribution in [0.3, 0.4) is 0 Å². The Morgan fingerprint density at radius 1 is 1.47 bits per heavy atom. The highest BCUT2D eigenvalue weighted by molar-refractivity contribution is 7.21. The van der Waals surface area contributed by atoms with Gasteiger partial charge in [0.05, 0.1) is 5.69 Å². The average Bonchev–Trinajstić information content (AvgIpc) is 2.65. The van der Waals surface area contributed by atoms with Gasteiger partial charge in [-0.3, -0.25) is 4.79 Å². The second-order valence-electron chi connectivity index (χ2n) is 4.64. The number of allylic oxidation sites excluding steroid dienone is 1. The molecule has 0 bridgehead atoms. The molecule has 2 heterocycles. The fraction of sp³-hybridized carbons (Fsp3) is 0.286. The molecule has 0 atom stereocenters. The van der Waals surface area contributed by atoms with E-state index >= 15 is 0 Å². The van der Waals surface area contributed by atoms with E-state index in [1.54, 1.807) is 0 Å². The number of aromatic nitrogens is 1. The molecule has 2 aromatic rings. The smallest absolute Gasteiger partial charge is 0.263 e. The minimum absolute atomic E-state index is 0.143. The molecule has 0 saturated carbocycles. The van der Waals surface area contributed by atoms with Crippen molar-refractivity contribution < 1.29 is 4.79 Å². The van der Waals surface area contributed by atoms with Gasteiger partial charge in [-0.2, -0.15) is 0 Å². The van der Waals surface area contributed by atoms with Gasteiger partial charge in [0.1, 0.15) is 9.71 Å². The van der Waals surface area contributed by atoms with E-state index < -0.39 is 0 Å². The first kappa shape index (κ1) is 13.5. The van der Waals surface area contributed by atoms with E-state index in [4.69, 9.17) is 5.73 Å². The van der Waals surface area contributed by atoms with Gasteiger partial charge in [0, 0.05) is 17.6 Å². The SMILES string of the molecule is CC(C)=CCNC(=O)c1sc2nc(C)ccc2c1N. The first-order valence-electron chi connectivity index (χ1n) is 6.06. The van der Waals surface area contributed by atoms with E-state index in [1.807, 2.05) is 39.0 Å². The lowest BCUT2D eigenvalue weighted by atomic mass is 10.2. The van der Waals surface area contributed by atoms with Crippen LogP contribution >= 0.6 is 11.3 Å². The molecule has 0 saturated heterocycles. The highest BCUT2D eigenvalue weighted by Gasteiger charge is 2.16. The number of amides is 1. The summed E-state index contributed by atoms with van der Waals surface area (Å²) in [6.07, 6.45) is 1.96. The van der Waals surface area contributed by atoms with Gasteiger partial charge in [-0.25, -0.2) is 4.98 Å². The average molecular weight is 275 g/mol. The van der Waals surface area contributed by atoms with Crippen molar-refractivity contribution >= 4 is 33.1 Å². The maximum atomic E-state index is 12.1. The fourth-order valence-corrected chi connectivity index (χ4v) is 2.74. The number of anilines is 1. The first-order chi connectivity index (χ1) is 8.99. The molecule has 100 valence electrons. The number of thiophene rings is 1. The van der Waals surface area contributed by atoms with Crippen LogP contribution in [0.25, 0.3) is 10.2 Å². The van der Waals surface area contributed by atoms with Crippen molar-refractivity contribution in [3.63, 3.8) is 0 Å². The number of hydrogen-bond donors (Lipinski definition) is 2. The van der Waals surface area contributed by atoms with Crippen molar-refractivity contribution in [1.82, 2.24) is 10.3 Å². The maximum Gasteiger partial charge on any atom is 0.263 e. The number of nitrogens with two attached hydrogens (primary N) is 1. The molecule has 2 rings (SSSR count). The number of nitrogens with zero attached hydrogens (tertiary/aromatic N) is 1. The molecule has 0 unspecified atom stereocenters. The summed E-state index contributed by atoms with van der Waals surface area (Å²) in [6.45, 7) is 6.42. The third kappa shape index (κ3) is 2.93. The number of pyridine rings is 1. The Hall–Kier alpha value is -1.88. The Labute approximate surface area is 116 Å². The van der Waals surface area contributed by atoms with E-state index in [2.05, 4.69) is 10.3 Å². The van der Waals surface area contributed by atoms with E-state index in [-0.39, 0.29) is 5.91 Å². The van der Waals surface area contributed by atoms with Gasteiger partial charge in [-0.15, -0.1) is 11.3 Å². The summed E-state index contributed by atoms with van der Waals surface area (Å²) in [5.41, 5.74) is 8.62. The van der Waals surface area contributed by atoms with Gasteiger partial charge in [0.2, 0.25) is 0 Å². The number of fused-ring (bicyclic) bond motifs is 1. The number of carbonyl (C=O) groups is 1. The standard InChI is InChI=1S/C14H17N3OS/c1-8(2)6-7-16-13(18)12-11(15)10-5-4-9(3)17-14(10)19-12/h4-6H,7,15H2,1-3H3,(H,16,18). The molecular weight excluding hydrogens is 258 g/mol. The Balaban J connectivity index is 2.27. The Morgan fingerprint density at radius 3 is 2.89 bits per heavy atom. The Bertz CT molecular complexity index is 654. The maximum absolute atomic E-state index is 12.1. The van der Waals surface area contributed by atoms with Crippen molar-refractivity contribution in [3.05, 3.63) is 34.4 Å². The van der Waals surface area contributed by atoms with Crippen LogP contribution in [0.1, 0.15) is 29.2 Å². The van der Waals surface area contributed by atoms with Crippen molar-refractivity contribution in [1.29, 1.82) is 0 Å². The van der Waals surface area contributed by atoms with Gasteiger partial charge in [0.25, 0.3) is 5.91 Å². The number of nitrogens with one attached hydrogen (secondary N) is 1. The lowest BCUT2D eigenvalue weighted by Gasteiger charge is -2.01. The van der Waals surface area contributed by atoms with E-state index in [0.29, 0.717) is 17.1 Å². The van der Waals surface area contributed by atoms with Crippen LogP contribution in [-0.4, -0.2) is 17.4 Å². The summed E-state index contributed by atoms with van der Waals surface area (Å²) in [5, 5.41) is 3.68. The molecule has 0 aromatic carbocycles. The van der Waals surface area contributed by atoms with Gasteiger partial charge in [0.15, 0.2) is 0 Å². The van der Waals surface area contributed by atoms with Crippen LogP contribution in [0.5, 0.6) is 0 Å². The van der Waals surface area contributed by atoms with Crippen LogP contribution in [0.4, 0.5) is 5.69 Å². The molecule has 4 nitrogen and oxygen atoms in total. The summed E-state index contributed by atoms with van der Waals surface area (Å²) in [5.74, 6) is -0.143. The summed E-state index contributed by atoms with van der Waals surface area (Å²) in [4.78, 5) is 17.8. The summed E-state index contributed by atoms with van der Waals surface area (Å²) < 4.78 is 0. The number of carbonyl (C=O) groups excluding carboxylic acids is 1. The van der Waals surface area contributed by atoms with Crippen LogP contribution in [0.15, 0.2) is 23.8 Å². The van der Waals surface area contributed by atoms with Crippen LogP contribution in [-0.2, 0) is 0 Å². The molecule has 3 N–H and O–H groups in total. The summed E-state index contributed by atoms with van der Waals surface area (Å²) in [6, 6.07) is 3.81. The van der Waals surface area contributed by atoms with Gasteiger partial charge >= 0.3 is 0 Å². The molecule has 0 aliphatic heterocycles. The van der Waals surface area contributed by atoms with Crippen molar-refractivity contribution in [2.75, 3.05) is 12.3 Å². The first-order valence-corrected chi connectivity index (χ1v) is 6.88. The summed E-state index contributed by atoms with van der Waals surface area (Å²) in [7, 11) is 0. The number of rotatable bonds is 3. The number of nitrogen functional groups attached to an aromatic ring is 1. The van der Waals surface area contributed by atoms with E-state index in [1.165, 1.54) is 16.9 Å². The normalized spacial score (nSPS) is 10.5. The Kier molecular flexibility index (Phi) is 3.85. The van der Waals surface area contributed by atoms with Crippen molar-refractivity contribution in [3.8, 4) is 0 Å². The lowest BCUT2D eigenvalue weighted by molar-refractivity contribution is 0.0963. The highest BCUT2D eigenvalue weighted by atomic mass is 32.1. The van der Waals surface area contributed by atoms with Crippen molar-refractivity contribution in [2.45, 2.75) is 20.8 Å². The fourth-order valence-electron chi connectivity index (χ4n) is 1.69.